The van der Waals surface area contributed by atoms with Gasteiger partial charge in [-0.3, -0.25) is 9.48 Å². The molecular weight excluding hydrogens is 402 g/mol. The fourth-order valence-corrected chi connectivity index (χ4v) is 3.86. The van der Waals surface area contributed by atoms with Crippen LogP contribution in [0.1, 0.15) is 102 Å². The van der Waals surface area contributed by atoms with Crippen molar-refractivity contribution in [2.45, 2.75) is 110 Å². The summed E-state index contributed by atoms with van der Waals surface area (Å²) in [4.78, 5) is 19.0. The minimum absolute atomic E-state index is 0.146. The molecule has 0 saturated heterocycles. The minimum atomic E-state index is 0.146. The number of nitrogens with two attached hydrogens (primary N) is 1. The number of imidazole rings is 1. The molecule has 4 N–H and O–H groups in total. The number of anilines is 1. The highest BCUT2D eigenvalue weighted by molar-refractivity contribution is 5.75. The van der Waals surface area contributed by atoms with Gasteiger partial charge in [-0.1, -0.05) is 69.9 Å². The number of nitrogens with zero attached hydrogens (tertiary/aromatic N) is 4. The van der Waals surface area contributed by atoms with E-state index in [2.05, 4.69) is 32.5 Å². The fraction of sp³-hybridized carbons (Fsp3) is 0.750. The lowest BCUT2D eigenvalue weighted by Crippen LogP contribution is -2.27. The van der Waals surface area contributed by atoms with E-state index in [-0.39, 0.29) is 5.91 Å². The van der Waals surface area contributed by atoms with E-state index in [9.17, 15) is 4.79 Å². The standard InChI is InChI=1S/C24H43N7O/c1-2-3-4-5-6-7-8-9-13-16-23(32)26-17-18-31-20-22(29-30-31)15-12-10-11-14-21-19-27-24(25)28-21/h19-20H,2-18H2,1H3,(H,26,32)(H3,25,27,28). The van der Waals surface area contributed by atoms with E-state index >= 15 is 0 Å². The predicted molar refractivity (Wildman–Crippen MR) is 129 cm³/mol. The van der Waals surface area contributed by atoms with E-state index in [0.29, 0.717) is 25.5 Å². The summed E-state index contributed by atoms with van der Waals surface area (Å²) in [5, 5.41) is 11.4. The van der Waals surface area contributed by atoms with Crippen molar-refractivity contribution in [3.05, 3.63) is 23.8 Å². The Kier molecular flexibility index (Phi) is 13.2. The molecule has 2 aromatic heterocycles. The van der Waals surface area contributed by atoms with Gasteiger partial charge in [0.25, 0.3) is 0 Å². The van der Waals surface area contributed by atoms with Crippen LogP contribution in [0.5, 0.6) is 0 Å². The van der Waals surface area contributed by atoms with E-state index in [0.717, 1.165) is 56.3 Å². The first-order valence-electron chi connectivity index (χ1n) is 12.6. The predicted octanol–water partition coefficient (Wildman–Crippen LogP) is 4.58. The monoisotopic (exact) mass is 445 g/mol. The number of carbonyl (C=O) groups excluding carboxylic acids is 1. The van der Waals surface area contributed by atoms with E-state index in [4.69, 9.17) is 5.73 Å². The smallest absolute Gasteiger partial charge is 0.220 e. The van der Waals surface area contributed by atoms with Crippen LogP contribution < -0.4 is 11.1 Å². The summed E-state index contributed by atoms with van der Waals surface area (Å²) in [6, 6.07) is 0. The molecule has 0 fully saturated rings. The Hall–Kier alpha value is -2.38. The van der Waals surface area contributed by atoms with Gasteiger partial charge < -0.3 is 16.0 Å². The van der Waals surface area contributed by atoms with Gasteiger partial charge in [-0.15, -0.1) is 5.10 Å². The highest BCUT2D eigenvalue weighted by Gasteiger charge is 2.04. The number of nitrogens with one attached hydrogen (secondary N) is 2. The molecule has 8 nitrogen and oxygen atoms in total. The van der Waals surface area contributed by atoms with Gasteiger partial charge in [-0.25, -0.2) is 4.98 Å². The molecule has 0 aliphatic rings. The van der Waals surface area contributed by atoms with Gasteiger partial charge >= 0.3 is 0 Å². The number of H-pyrrole nitrogens is 1. The van der Waals surface area contributed by atoms with E-state index < -0.39 is 0 Å². The van der Waals surface area contributed by atoms with Gasteiger partial charge in [0.05, 0.1) is 18.4 Å². The molecule has 2 rings (SSSR count). The second-order valence-electron chi connectivity index (χ2n) is 8.76. The van der Waals surface area contributed by atoms with Crippen LogP contribution in [0.15, 0.2) is 12.4 Å². The molecule has 2 heterocycles. The second-order valence-corrected chi connectivity index (χ2v) is 8.76. The van der Waals surface area contributed by atoms with Crippen molar-refractivity contribution in [2.24, 2.45) is 0 Å². The molecule has 0 atom stereocenters. The normalized spacial score (nSPS) is 11.2. The average molecular weight is 446 g/mol. The number of rotatable bonds is 19. The maximum Gasteiger partial charge on any atom is 0.220 e. The Labute approximate surface area is 193 Å². The van der Waals surface area contributed by atoms with Crippen LogP contribution in [0.25, 0.3) is 0 Å². The van der Waals surface area contributed by atoms with Crippen molar-refractivity contribution in [1.82, 2.24) is 30.3 Å². The number of amides is 1. The summed E-state index contributed by atoms with van der Waals surface area (Å²) in [6.45, 7) is 3.52. The maximum atomic E-state index is 12.0. The van der Waals surface area contributed by atoms with E-state index in [1.165, 1.54) is 44.9 Å². The molecule has 2 aromatic rings. The largest absolute Gasteiger partial charge is 0.369 e. The van der Waals surface area contributed by atoms with Crippen LogP contribution in [-0.2, 0) is 24.2 Å². The third-order valence-corrected chi connectivity index (χ3v) is 5.78. The number of nitrogen functional groups attached to an aromatic ring is 1. The highest BCUT2D eigenvalue weighted by atomic mass is 16.1. The van der Waals surface area contributed by atoms with Crippen molar-refractivity contribution in [1.29, 1.82) is 0 Å². The van der Waals surface area contributed by atoms with Crippen LogP contribution in [0.4, 0.5) is 5.95 Å². The Balaban J connectivity index is 1.43. The summed E-state index contributed by atoms with van der Waals surface area (Å²) in [7, 11) is 0. The Morgan fingerprint density at radius 1 is 1.00 bits per heavy atom. The molecule has 0 bridgehead atoms. The van der Waals surface area contributed by atoms with Crippen molar-refractivity contribution in [2.75, 3.05) is 12.3 Å². The van der Waals surface area contributed by atoms with Gasteiger partial charge in [0.15, 0.2) is 5.95 Å². The molecule has 32 heavy (non-hydrogen) atoms. The topological polar surface area (TPSA) is 115 Å². The molecule has 0 spiro atoms. The molecule has 1 amide bonds. The highest BCUT2D eigenvalue weighted by Crippen LogP contribution is 2.11. The van der Waals surface area contributed by atoms with Gasteiger partial charge in [0, 0.05) is 24.9 Å². The number of hydrogen-bond acceptors (Lipinski definition) is 5. The quantitative estimate of drug-likeness (QED) is 0.274. The maximum absolute atomic E-state index is 12.0. The van der Waals surface area contributed by atoms with Crippen molar-refractivity contribution in [3.63, 3.8) is 0 Å². The number of unbranched alkanes of at least 4 members (excludes halogenated alkanes) is 10. The summed E-state index contributed by atoms with van der Waals surface area (Å²) < 4.78 is 1.82. The lowest BCUT2D eigenvalue weighted by atomic mass is 10.1. The molecule has 0 aromatic carbocycles. The van der Waals surface area contributed by atoms with Crippen LogP contribution in [0, 0.1) is 0 Å². The first kappa shape index (κ1) is 25.9. The number of hydrogen-bond donors (Lipinski definition) is 3. The van der Waals surface area contributed by atoms with Crippen LogP contribution in [0.3, 0.4) is 0 Å². The number of aromatic nitrogens is 5. The Bertz CT molecular complexity index is 740. The van der Waals surface area contributed by atoms with Crippen molar-refractivity contribution in [3.8, 4) is 0 Å². The Morgan fingerprint density at radius 2 is 1.69 bits per heavy atom. The minimum Gasteiger partial charge on any atom is -0.369 e. The van der Waals surface area contributed by atoms with Crippen LogP contribution in [-0.4, -0.2) is 37.4 Å². The van der Waals surface area contributed by atoms with Crippen LogP contribution in [0.2, 0.25) is 0 Å². The Morgan fingerprint density at radius 3 is 2.41 bits per heavy atom. The first-order valence-corrected chi connectivity index (χ1v) is 12.6. The fourth-order valence-electron chi connectivity index (χ4n) is 3.86. The molecule has 8 heteroatoms. The molecule has 0 radical (unpaired) electrons. The zero-order chi connectivity index (χ0) is 22.9. The lowest BCUT2D eigenvalue weighted by molar-refractivity contribution is -0.121. The second kappa shape index (κ2) is 16.3. The third-order valence-electron chi connectivity index (χ3n) is 5.78. The molecule has 180 valence electrons. The number of aromatic amines is 1. The molecule has 0 saturated carbocycles. The third kappa shape index (κ3) is 11.9. The summed E-state index contributed by atoms with van der Waals surface area (Å²) in [5.41, 5.74) is 7.69. The summed E-state index contributed by atoms with van der Waals surface area (Å²) in [6.07, 6.45) is 21.1. The van der Waals surface area contributed by atoms with Gasteiger partial charge in [0.1, 0.15) is 0 Å². The molecular formula is C24H43N7O. The lowest BCUT2D eigenvalue weighted by Gasteiger charge is -2.05. The van der Waals surface area contributed by atoms with Gasteiger partial charge in [-0.05, 0) is 32.1 Å². The molecule has 0 unspecified atom stereocenters. The van der Waals surface area contributed by atoms with Crippen molar-refractivity contribution < 1.29 is 4.79 Å². The summed E-state index contributed by atoms with van der Waals surface area (Å²) >= 11 is 0. The number of aryl methyl sites for hydroxylation is 2. The van der Waals surface area contributed by atoms with Crippen LogP contribution >= 0.6 is 0 Å². The van der Waals surface area contributed by atoms with E-state index in [1.807, 2.05) is 10.9 Å². The van der Waals surface area contributed by atoms with E-state index in [1.54, 1.807) is 6.20 Å². The SMILES string of the molecule is CCCCCCCCCCCC(=O)NCCn1cc(CCCCCc2cnc(N)[nH]2)nn1. The van der Waals surface area contributed by atoms with Crippen molar-refractivity contribution >= 4 is 11.9 Å². The zero-order valence-corrected chi connectivity index (χ0v) is 19.9. The first-order chi connectivity index (χ1) is 15.7. The molecule has 0 aliphatic carbocycles. The average Bonchev–Trinajstić information content (AvgIpc) is 3.41. The van der Waals surface area contributed by atoms with Gasteiger partial charge in [0.2, 0.25) is 5.91 Å². The number of carbonyl (C=O) groups is 1. The summed E-state index contributed by atoms with van der Waals surface area (Å²) in [5.74, 6) is 0.628. The van der Waals surface area contributed by atoms with Gasteiger partial charge in [-0.2, -0.15) is 0 Å². The molecule has 0 aliphatic heterocycles. The zero-order valence-electron chi connectivity index (χ0n) is 19.9.